The number of phenols is 1. The third kappa shape index (κ3) is 2.61. The summed E-state index contributed by atoms with van der Waals surface area (Å²) in [5.74, 6) is 2.71. The number of fused-ring (bicyclic) bond motifs is 1. The van der Waals surface area contributed by atoms with E-state index in [2.05, 4.69) is 20.1 Å². The highest BCUT2D eigenvalue weighted by atomic mass is 35.5. The van der Waals surface area contributed by atoms with Crippen molar-refractivity contribution in [3.8, 4) is 5.75 Å². The molecule has 1 aromatic heterocycles. The normalized spacial score (nSPS) is 23.9. The van der Waals surface area contributed by atoms with Crippen molar-refractivity contribution >= 4 is 23.2 Å². The lowest BCUT2D eigenvalue weighted by Crippen LogP contribution is -2.30. The van der Waals surface area contributed by atoms with E-state index >= 15 is 0 Å². The molecule has 2 aliphatic rings. The van der Waals surface area contributed by atoms with Gasteiger partial charge in [-0.3, -0.25) is 0 Å². The second-order valence-electron chi connectivity index (χ2n) is 6.32. The number of aromatic nitrogens is 3. The number of halogens is 2. The Bertz CT molecular complexity index is 740. The molecule has 0 saturated carbocycles. The van der Waals surface area contributed by atoms with E-state index in [0.29, 0.717) is 16.0 Å². The summed E-state index contributed by atoms with van der Waals surface area (Å²) in [6, 6.07) is 3.23. The molecule has 1 fully saturated rings. The van der Waals surface area contributed by atoms with Crippen molar-refractivity contribution in [1.82, 2.24) is 20.1 Å². The molecule has 5 nitrogen and oxygen atoms in total. The van der Waals surface area contributed by atoms with Crippen LogP contribution in [0.3, 0.4) is 0 Å². The molecule has 2 N–H and O–H groups in total. The Labute approximate surface area is 144 Å². The molecule has 0 amide bonds. The van der Waals surface area contributed by atoms with E-state index in [-0.39, 0.29) is 11.7 Å². The molecule has 0 unspecified atom stereocenters. The number of nitrogens with zero attached hydrogens (tertiary/aromatic N) is 3. The van der Waals surface area contributed by atoms with Gasteiger partial charge in [0.15, 0.2) is 0 Å². The zero-order valence-corrected chi connectivity index (χ0v) is 14.1. The van der Waals surface area contributed by atoms with E-state index < -0.39 is 0 Å². The average molecular weight is 353 g/mol. The number of aromatic hydroxyl groups is 1. The summed E-state index contributed by atoms with van der Waals surface area (Å²) in [5.41, 5.74) is 0.720. The molecule has 4 rings (SSSR count). The molecule has 0 spiro atoms. The Balaban J connectivity index is 1.64. The lowest BCUT2D eigenvalue weighted by molar-refractivity contribution is 0.428. The van der Waals surface area contributed by atoms with Crippen molar-refractivity contribution in [2.24, 2.45) is 0 Å². The van der Waals surface area contributed by atoms with Gasteiger partial charge in [-0.2, -0.15) is 0 Å². The van der Waals surface area contributed by atoms with E-state index in [1.165, 1.54) is 0 Å². The van der Waals surface area contributed by atoms with E-state index in [9.17, 15) is 5.11 Å². The summed E-state index contributed by atoms with van der Waals surface area (Å²) in [5, 5.41) is 23.3. The molecule has 0 aliphatic carbocycles. The van der Waals surface area contributed by atoms with Crippen molar-refractivity contribution < 1.29 is 5.11 Å². The van der Waals surface area contributed by atoms with Crippen LogP contribution >= 0.6 is 23.2 Å². The Hall–Kier alpha value is -1.30. The maximum atomic E-state index is 10.2. The zero-order chi connectivity index (χ0) is 16.0. The molecule has 0 radical (unpaired) electrons. The van der Waals surface area contributed by atoms with Crippen molar-refractivity contribution in [3.05, 3.63) is 39.4 Å². The lowest BCUT2D eigenvalue weighted by atomic mass is 9.96. The van der Waals surface area contributed by atoms with Gasteiger partial charge >= 0.3 is 0 Å². The van der Waals surface area contributed by atoms with Gasteiger partial charge in [0.1, 0.15) is 17.4 Å². The number of benzene rings is 1. The summed E-state index contributed by atoms with van der Waals surface area (Å²) < 4.78 is 2.19. The van der Waals surface area contributed by atoms with Crippen molar-refractivity contribution in [2.45, 2.75) is 37.6 Å². The van der Waals surface area contributed by atoms with Gasteiger partial charge in [0.2, 0.25) is 0 Å². The van der Waals surface area contributed by atoms with Crippen LogP contribution in [0.5, 0.6) is 5.75 Å². The topological polar surface area (TPSA) is 63.0 Å². The fraction of sp³-hybridized carbons (Fsp3) is 0.500. The second kappa shape index (κ2) is 5.96. The first-order chi connectivity index (χ1) is 11.1. The standard InChI is InChI=1S/C16H18Cl2N4O/c17-11-3-4-12(23)14(15(11)18)10-6-13-20-21-16(22(13)8-10)9-2-1-5-19-7-9/h3-4,9-10,19,23H,1-2,5-8H2/t9-,10-/m1/s1. The van der Waals surface area contributed by atoms with Crippen LogP contribution in [0.15, 0.2) is 12.1 Å². The lowest BCUT2D eigenvalue weighted by Gasteiger charge is -2.22. The van der Waals surface area contributed by atoms with Crippen LogP contribution in [-0.2, 0) is 13.0 Å². The summed E-state index contributed by atoms with van der Waals surface area (Å²) in [6.45, 7) is 2.76. The Morgan fingerprint density at radius 1 is 1.22 bits per heavy atom. The van der Waals surface area contributed by atoms with Gasteiger partial charge in [-0.1, -0.05) is 23.2 Å². The highest BCUT2D eigenvalue weighted by Crippen LogP contribution is 2.42. The number of hydrogen-bond acceptors (Lipinski definition) is 4. The number of nitrogens with one attached hydrogen (secondary N) is 1. The molecule has 3 heterocycles. The maximum Gasteiger partial charge on any atom is 0.137 e. The number of piperidine rings is 1. The van der Waals surface area contributed by atoms with Crippen molar-refractivity contribution in [2.75, 3.05) is 13.1 Å². The van der Waals surface area contributed by atoms with E-state index in [1.54, 1.807) is 12.1 Å². The van der Waals surface area contributed by atoms with Crippen LogP contribution in [-0.4, -0.2) is 33.0 Å². The van der Waals surface area contributed by atoms with Crippen LogP contribution in [0.2, 0.25) is 10.0 Å². The van der Waals surface area contributed by atoms with Crippen LogP contribution in [0.1, 0.15) is 41.9 Å². The monoisotopic (exact) mass is 352 g/mol. The summed E-state index contributed by atoms with van der Waals surface area (Å²) >= 11 is 12.4. The van der Waals surface area contributed by atoms with E-state index in [4.69, 9.17) is 23.2 Å². The van der Waals surface area contributed by atoms with E-state index in [1.807, 2.05) is 0 Å². The molecule has 122 valence electrons. The number of hydrogen-bond donors (Lipinski definition) is 2. The van der Waals surface area contributed by atoms with Crippen LogP contribution in [0.25, 0.3) is 0 Å². The van der Waals surface area contributed by atoms with Crippen LogP contribution in [0.4, 0.5) is 0 Å². The van der Waals surface area contributed by atoms with Crippen LogP contribution < -0.4 is 5.32 Å². The molecule has 1 saturated heterocycles. The summed E-state index contributed by atoms with van der Waals surface area (Å²) in [7, 11) is 0. The predicted octanol–water partition coefficient (Wildman–Crippen LogP) is 3.10. The van der Waals surface area contributed by atoms with Crippen LogP contribution in [0, 0.1) is 0 Å². The van der Waals surface area contributed by atoms with Gasteiger partial charge in [-0.25, -0.2) is 0 Å². The van der Waals surface area contributed by atoms with Gasteiger partial charge in [-0.05, 0) is 31.5 Å². The zero-order valence-electron chi connectivity index (χ0n) is 12.6. The molecule has 2 aliphatic heterocycles. The average Bonchev–Trinajstić information content (AvgIpc) is 3.12. The van der Waals surface area contributed by atoms with Gasteiger partial charge in [-0.15, -0.1) is 10.2 Å². The summed E-state index contributed by atoms with van der Waals surface area (Å²) in [6.07, 6.45) is 3.02. The minimum absolute atomic E-state index is 0.0852. The van der Waals surface area contributed by atoms with Gasteiger partial charge in [0.25, 0.3) is 0 Å². The molecule has 0 bridgehead atoms. The fourth-order valence-electron chi connectivity index (χ4n) is 3.72. The smallest absolute Gasteiger partial charge is 0.137 e. The van der Waals surface area contributed by atoms with E-state index in [0.717, 1.165) is 56.1 Å². The highest BCUT2D eigenvalue weighted by molar-refractivity contribution is 6.42. The first-order valence-electron chi connectivity index (χ1n) is 7.94. The molecule has 2 aromatic rings. The Morgan fingerprint density at radius 3 is 2.87 bits per heavy atom. The molecule has 7 heteroatoms. The first kappa shape index (κ1) is 15.2. The van der Waals surface area contributed by atoms with Crippen molar-refractivity contribution in [1.29, 1.82) is 0 Å². The highest BCUT2D eigenvalue weighted by Gasteiger charge is 2.33. The van der Waals surface area contributed by atoms with Gasteiger partial charge < -0.3 is 15.0 Å². The Morgan fingerprint density at radius 2 is 2.09 bits per heavy atom. The maximum absolute atomic E-state index is 10.2. The second-order valence-corrected chi connectivity index (χ2v) is 7.11. The quantitative estimate of drug-likeness (QED) is 0.871. The minimum atomic E-state index is 0.0852. The summed E-state index contributed by atoms with van der Waals surface area (Å²) in [4.78, 5) is 0. The molecular weight excluding hydrogens is 335 g/mol. The molecule has 1 aromatic carbocycles. The van der Waals surface area contributed by atoms with Gasteiger partial charge in [0.05, 0.1) is 10.0 Å². The number of rotatable bonds is 2. The predicted molar refractivity (Wildman–Crippen MR) is 89.4 cm³/mol. The molecule has 23 heavy (non-hydrogen) atoms. The molecule has 2 atom stereocenters. The third-order valence-corrected chi connectivity index (χ3v) is 5.69. The fourth-order valence-corrected chi connectivity index (χ4v) is 4.20. The third-order valence-electron chi connectivity index (χ3n) is 4.87. The minimum Gasteiger partial charge on any atom is -0.508 e. The molecular formula is C16H18Cl2N4O. The number of phenolic OH excluding ortho intramolecular Hbond substituents is 1. The van der Waals surface area contributed by atoms with Gasteiger partial charge in [0, 0.05) is 36.9 Å². The van der Waals surface area contributed by atoms with Crippen molar-refractivity contribution in [3.63, 3.8) is 0 Å². The first-order valence-corrected chi connectivity index (χ1v) is 8.70. The Kier molecular flexibility index (Phi) is 3.95. The SMILES string of the molecule is Oc1ccc(Cl)c(Cl)c1[C@@H]1Cc2nnc([C@@H]3CCCNC3)n2C1. The largest absolute Gasteiger partial charge is 0.508 e.